The van der Waals surface area contributed by atoms with E-state index in [-0.39, 0.29) is 0 Å². The second-order valence-corrected chi connectivity index (χ2v) is 10.9. The number of fused-ring (bicyclic) bond motifs is 7. The lowest BCUT2D eigenvalue weighted by Gasteiger charge is -2.28. The van der Waals surface area contributed by atoms with Crippen LogP contribution in [0, 0.1) is 0 Å². The Labute approximate surface area is 247 Å². The molecule has 0 amide bonds. The maximum absolute atomic E-state index is 6.47. The molecule has 2 aromatic heterocycles. The van der Waals surface area contributed by atoms with Crippen LogP contribution in [0.1, 0.15) is 0 Å². The van der Waals surface area contributed by atoms with Crippen LogP contribution in [0.2, 0.25) is 0 Å². The number of furan rings is 2. The fourth-order valence-electron chi connectivity index (χ4n) is 6.45. The second-order valence-electron chi connectivity index (χ2n) is 10.9. The van der Waals surface area contributed by atoms with Gasteiger partial charge in [-0.3, -0.25) is 0 Å². The van der Waals surface area contributed by atoms with E-state index in [0.29, 0.717) is 0 Å². The average molecular weight is 552 g/mol. The number of hydrogen-bond acceptors (Lipinski definition) is 3. The molecule has 0 spiro atoms. The van der Waals surface area contributed by atoms with Gasteiger partial charge in [0.1, 0.15) is 22.3 Å². The van der Waals surface area contributed by atoms with Crippen LogP contribution >= 0.6 is 0 Å². The minimum Gasteiger partial charge on any atom is -0.456 e. The minimum atomic E-state index is 0.859. The van der Waals surface area contributed by atoms with Gasteiger partial charge in [-0.2, -0.15) is 0 Å². The summed E-state index contributed by atoms with van der Waals surface area (Å²) in [7, 11) is 0. The van der Waals surface area contributed by atoms with Crippen molar-refractivity contribution in [2.45, 2.75) is 0 Å². The first kappa shape index (κ1) is 23.9. The maximum Gasteiger partial charge on any atom is 0.138 e. The van der Waals surface area contributed by atoms with Crippen molar-refractivity contribution >= 4 is 71.7 Å². The van der Waals surface area contributed by atoms with Crippen molar-refractivity contribution in [1.82, 2.24) is 0 Å². The summed E-state index contributed by atoms with van der Waals surface area (Å²) in [4.78, 5) is 2.36. The van der Waals surface area contributed by atoms with E-state index in [0.717, 1.165) is 71.7 Å². The van der Waals surface area contributed by atoms with Gasteiger partial charge in [-0.1, -0.05) is 103 Å². The molecule has 0 unspecified atom stereocenters. The van der Waals surface area contributed by atoms with Crippen LogP contribution in [0.5, 0.6) is 0 Å². The average Bonchev–Trinajstić information content (AvgIpc) is 3.63. The van der Waals surface area contributed by atoms with Crippen molar-refractivity contribution in [3.05, 3.63) is 152 Å². The molecular weight excluding hydrogens is 526 g/mol. The van der Waals surface area contributed by atoms with Crippen molar-refractivity contribution < 1.29 is 8.83 Å². The lowest BCUT2D eigenvalue weighted by molar-refractivity contribution is 0.669. The number of hydrogen-bond donors (Lipinski definition) is 0. The molecule has 3 nitrogen and oxygen atoms in total. The summed E-state index contributed by atoms with van der Waals surface area (Å²) in [6.07, 6.45) is 0. The van der Waals surface area contributed by atoms with Crippen LogP contribution in [0.15, 0.2) is 160 Å². The molecular formula is C40H25NO2. The van der Waals surface area contributed by atoms with Gasteiger partial charge >= 0.3 is 0 Å². The molecule has 0 bridgehead atoms. The summed E-state index contributed by atoms with van der Waals surface area (Å²) in [5, 5.41) is 6.69. The predicted molar refractivity (Wildman–Crippen MR) is 179 cm³/mol. The Bertz CT molecular complexity index is 2450. The van der Waals surface area contributed by atoms with Gasteiger partial charge in [-0.05, 0) is 59.0 Å². The van der Waals surface area contributed by atoms with Crippen LogP contribution in [-0.2, 0) is 0 Å². The molecule has 0 fully saturated rings. The number of rotatable bonds is 4. The molecule has 0 aliphatic carbocycles. The van der Waals surface area contributed by atoms with E-state index in [1.54, 1.807) is 0 Å². The lowest BCUT2D eigenvalue weighted by Crippen LogP contribution is -2.11. The zero-order valence-corrected chi connectivity index (χ0v) is 23.2. The first-order valence-corrected chi connectivity index (χ1v) is 14.5. The largest absolute Gasteiger partial charge is 0.456 e. The third kappa shape index (κ3) is 3.75. The van der Waals surface area contributed by atoms with Gasteiger partial charge in [-0.15, -0.1) is 0 Å². The van der Waals surface area contributed by atoms with Gasteiger partial charge in [-0.25, -0.2) is 0 Å². The fourth-order valence-corrected chi connectivity index (χ4v) is 6.45. The molecule has 43 heavy (non-hydrogen) atoms. The lowest BCUT2D eigenvalue weighted by atomic mass is 10.00. The molecule has 9 aromatic rings. The van der Waals surface area contributed by atoms with Crippen molar-refractivity contribution in [3.63, 3.8) is 0 Å². The van der Waals surface area contributed by atoms with Gasteiger partial charge < -0.3 is 13.7 Å². The monoisotopic (exact) mass is 551 g/mol. The van der Waals surface area contributed by atoms with Gasteiger partial charge in [0.05, 0.1) is 11.1 Å². The van der Waals surface area contributed by atoms with Crippen molar-refractivity contribution in [2.75, 3.05) is 4.90 Å². The summed E-state index contributed by atoms with van der Waals surface area (Å²) >= 11 is 0. The Hall–Kier alpha value is -5.80. The van der Waals surface area contributed by atoms with Gasteiger partial charge in [0.2, 0.25) is 0 Å². The first-order valence-electron chi connectivity index (χ1n) is 14.5. The highest BCUT2D eigenvalue weighted by Crippen LogP contribution is 2.48. The molecule has 0 saturated heterocycles. The van der Waals surface area contributed by atoms with Crippen molar-refractivity contribution in [2.24, 2.45) is 0 Å². The fraction of sp³-hybridized carbons (Fsp3) is 0. The van der Waals surface area contributed by atoms with E-state index in [2.05, 4.69) is 132 Å². The Morgan fingerprint density at radius 2 is 0.953 bits per heavy atom. The maximum atomic E-state index is 6.47. The first-order chi connectivity index (χ1) is 21.3. The zero-order valence-electron chi connectivity index (χ0n) is 23.2. The molecule has 0 radical (unpaired) electrons. The molecule has 9 rings (SSSR count). The number of nitrogens with zero attached hydrogens (tertiary/aromatic N) is 1. The van der Waals surface area contributed by atoms with Crippen molar-refractivity contribution in [3.8, 4) is 11.1 Å². The summed E-state index contributed by atoms with van der Waals surface area (Å²) in [5.74, 6) is 0. The quantitative estimate of drug-likeness (QED) is 0.218. The highest BCUT2D eigenvalue weighted by molar-refractivity contribution is 6.22. The Balaban J connectivity index is 1.36. The molecule has 0 aliphatic rings. The molecule has 0 aliphatic heterocycles. The van der Waals surface area contributed by atoms with E-state index < -0.39 is 0 Å². The smallest absolute Gasteiger partial charge is 0.138 e. The van der Waals surface area contributed by atoms with E-state index >= 15 is 0 Å². The molecule has 7 aromatic carbocycles. The normalized spacial score (nSPS) is 11.7. The summed E-state index contributed by atoms with van der Waals surface area (Å²) < 4.78 is 12.8. The third-order valence-electron chi connectivity index (χ3n) is 8.44. The Kier molecular flexibility index (Phi) is 5.20. The highest BCUT2D eigenvalue weighted by Gasteiger charge is 2.23. The Morgan fingerprint density at radius 1 is 0.372 bits per heavy atom. The zero-order chi connectivity index (χ0) is 28.3. The summed E-state index contributed by atoms with van der Waals surface area (Å²) in [6.45, 7) is 0. The van der Waals surface area contributed by atoms with Gasteiger partial charge in [0.15, 0.2) is 0 Å². The van der Waals surface area contributed by atoms with Crippen LogP contribution < -0.4 is 4.90 Å². The third-order valence-corrected chi connectivity index (χ3v) is 8.44. The molecule has 0 N–H and O–H groups in total. The Morgan fingerprint density at radius 3 is 1.77 bits per heavy atom. The molecule has 0 atom stereocenters. The van der Waals surface area contributed by atoms with Crippen LogP contribution in [0.4, 0.5) is 17.1 Å². The van der Waals surface area contributed by atoms with E-state index in [1.807, 2.05) is 24.3 Å². The van der Waals surface area contributed by atoms with Crippen LogP contribution in [0.25, 0.3) is 65.8 Å². The van der Waals surface area contributed by atoms with Crippen molar-refractivity contribution in [1.29, 1.82) is 0 Å². The molecule has 2 heterocycles. The number of anilines is 3. The topological polar surface area (TPSA) is 29.5 Å². The van der Waals surface area contributed by atoms with E-state index in [1.165, 1.54) is 11.1 Å². The summed E-state index contributed by atoms with van der Waals surface area (Å²) in [5.41, 5.74) is 9.01. The van der Waals surface area contributed by atoms with E-state index in [4.69, 9.17) is 8.83 Å². The minimum absolute atomic E-state index is 0.859. The predicted octanol–water partition coefficient (Wildman–Crippen LogP) is 11.8. The van der Waals surface area contributed by atoms with Crippen LogP contribution in [-0.4, -0.2) is 0 Å². The standard InChI is InChI=1S/C40H25NO2/c1-2-10-26(11-3-1)27-18-20-29(21-19-27)41(30-22-23-33-32-14-6-8-16-35(32)42-37(33)25-30)40-31-13-5-4-12-28(31)24-38-39(40)34-15-7-9-17-36(34)43-38/h1-25H. The number of para-hydroxylation sites is 2. The highest BCUT2D eigenvalue weighted by atomic mass is 16.3. The summed E-state index contributed by atoms with van der Waals surface area (Å²) in [6, 6.07) is 53.1. The van der Waals surface area contributed by atoms with E-state index in [9.17, 15) is 0 Å². The number of benzene rings is 7. The SMILES string of the molecule is c1ccc(-c2ccc(N(c3ccc4c(c3)oc3ccccc34)c3c4ccccc4cc4oc5ccccc5c34)cc2)cc1. The van der Waals surface area contributed by atoms with Gasteiger partial charge in [0.25, 0.3) is 0 Å². The second kappa shape index (κ2) is 9.37. The van der Waals surface area contributed by atoms with Gasteiger partial charge in [0, 0.05) is 39.0 Å². The molecule has 0 saturated carbocycles. The van der Waals surface area contributed by atoms with Crippen LogP contribution in [0.3, 0.4) is 0 Å². The molecule has 3 heteroatoms. The molecule has 202 valence electrons.